The van der Waals surface area contributed by atoms with Crippen LogP contribution in [0.25, 0.3) is 0 Å². The second-order valence-corrected chi connectivity index (χ2v) is 4.64. The lowest BCUT2D eigenvalue weighted by Gasteiger charge is -2.33. The number of allylic oxidation sites excluding steroid dienone is 2. The van der Waals surface area contributed by atoms with Crippen LogP contribution in [0.15, 0.2) is 48.7 Å². The highest BCUT2D eigenvalue weighted by Crippen LogP contribution is 2.22. The number of nitrogens with one attached hydrogen (secondary N) is 2. The van der Waals surface area contributed by atoms with Crippen molar-refractivity contribution < 1.29 is 9.53 Å². The summed E-state index contributed by atoms with van der Waals surface area (Å²) in [5, 5.41) is 5.90. The minimum atomic E-state index is -0.651. The van der Waals surface area contributed by atoms with Gasteiger partial charge in [0.05, 0.1) is 7.11 Å². The van der Waals surface area contributed by atoms with Crippen molar-refractivity contribution in [1.29, 1.82) is 0 Å². The number of carbonyl (C=O) groups is 1. The van der Waals surface area contributed by atoms with Crippen LogP contribution in [0.4, 0.5) is 4.79 Å². The molecule has 20 heavy (non-hydrogen) atoms. The van der Waals surface area contributed by atoms with Gasteiger partial charge in [-0.15, -0.1) is 0 Å². The average molecular weight is 273 g/mol. The fourth-order valence-electron chi connectivity index (χ4n) is 2.28. The Balaban J connectivity index is 2.11. The van der Waals surface area contributed by atoms with Gasteiger partial charge in [-0.25, -0.2) is 4.79 Å². The molecule has 0 aromatic heterocycles. The minimum Gasteiger partial charge on any atom is -0.496 e. The molecule has 0 radical (unpaired) electrons. The molecule has 5 heteroatoms. The van der Waals surface area contributed by atoms with Crippen LogP contribution in [0.2, 0.25) is 0 Å². The lowest BCUT2D eigenvalue weighted by Crippen LogP contribution is -2.58. The van der Waals surface area contributed by atoms with E-state index in [1.165, 1.54) is 0 Å². The molecule has 1 aliphatic rings. The van der Waals surface area contributed by atoms with Gasteiger partial charge >= 0.3 is 6.03 Å². The topological polar surface area (TPSA) is 76.4 Å². The highest BCUT2D eigenvalue weighted by molar-refractivity contribution is 5.73. The molecule has 0 spiro atoms. The molecular weight excluding hydrogens is 254 g/mol. The molecule has 1 atom stereocenters. The number of primary amides is 1. The molecule has 0 saturated heterocycles. The van der Waals surface area contributed by atoms with Crippen molar-refractivity contribution in [3.05, 3.63) is 54.3 Å². The lowest BCUT2D eigenvalue weighted by molar-refractivity contribution is 0.233. The Bertz CT molecular complexity index is 540. The molecule has 1 aliphatic heterocycles. The summed E-state index contributed by atoms with van der Waals surface area (Å²) in [7, 11) is 1.65. The average Bonchev–Trinajstić information content (AvgIpc) is 2.46. The Morgan fingerprint density at radius 3 is 2.85 bits per heavy atom. The molecule has 1 unspecified atom stereocenters. The van der Waals surface area contributed by atoms with Gasteiger partial charge in [-0.2, -0.15) is 0 Å². The summed E-state index contributed by atoms with van der Waals surface area (Å²) in [4.78, 5) is 11.2. The van der Waals surface area contributed by atoms with Crippen molar-refractivity contribution in [2.75, 3.05) is 7.11 Å². The van der Waals surface area contributed by atoms with Gasteiger partial charge in [0, 0.05) is 0 Å². The Hall–Kier alpha value is -2.43. The number of para-hydroxylation sites is 1. The largest absolute Gasteiger partial charge is 0.496 e. The van der Waals surface area contributed by atoms with Crippen LogP contribution in [0, 0.1) is 0 Å². The SMILES string of the molecule is COc1ccccc1CCC1(NC(N)=O)C=CC=CN1. The molecule has 1 aromatic carbocycles. The Kier molecular flexibility index (Phi) is 4.30. The molecule has 0 aliphatic carbocycles. The maximum Gasteiger partial charge on any atom is 0.314 e. The first kappa shape index (κ1) is 14.0. The third-order valence-electron chi connectivity index (χ3n) is 3.26. The van der Waals surface area contributed by atoms with E-state index in [1.807, 2.05) is 42.5 Å². The smallest absolute Gasteiger partial charge is 0.314 e. The number of hydrogen-bond acceptors (Lipinski definition) is 3. The Labute approximate surface area is 118 Å². The number of rotatable bonds is 5. The molecule has 1 heterocycles. The van der Waals surface area contributed by atoms with Gasteiger partial charge in [-0.3, -0.25) is 0 Å². The van der Waals surface area contributed by atoms with Crippen molar-refractivity contribution in [3.8, 4) is 5.75 Å². The summed E-state index contributed by atoms with van der Waals surface area (Å²) in [6, 6.07) is 7.28. The Morgan fingerprint density at radius 2 is 2.20 bits per heavy atom. The molecule has 0 saturated carbocycles. The molecule has 5 nitrogen and oxygen atoms in total. The van der Waals surface area contributed by atoms with Crippen LogP contribution < -0.4 is 21.1 Å². The number of dihydropyridines is 1. The Morgan fingerprint density at radius 1 is 1.40 bits per heavy atom. The first-order valence-electron chi connectivity index (χ1n) is 6.47. The zero-order chi connectivity index (χ0) is 14.4. The number of aryl methyl sites for hydroxylation is 1. The number of urea groups is 1. The summed E-state index contributed by atoms with van der Waals surface area (Å²) in [5.74, 6) is 0.844. The first-order valence-corrected chi connectivity index (χ1v) is 6.47. The van der Waals surface area contributed by atoms with E-state index in [-0.39, 0.29) is 0 Å². The maximum absolute atomic E-state index is 11.2. The highest BCUT2D eigenvalue weighted by atomic mass is 16.5. The van der Waals surface area contributed by atoms with E-state index in [4.69, 9.17) is 10.5 Å². The molecule has 0 fully saturated rings. The van der Waals surface area contributed by atoms with Crippen LogP contribution in [0.1, 0.15) is 12.0 Å². The van der Waals surface area contributed by atoms with Crippen LogP contribution in [-0.4, -0.2) is 18.8 Å². The second kappa shape index (κ2) is 6.14. The molecule has 106 valence electrons. The number of ether oxygens (including phenoxy) is 1. The van der Waals surface area contributed by atoms with Crippen molar-refractivity contribution in [3.63, 3.8) is 0 Å². The number of hydrogen-bond donors (Lipinski definition) is 3. The third kappa shape index (κ3) is 3.32. The zero-order valence-corrected chi connectivity index (χ0v) is 11.4. The van der Waals surface area contributed by atoms with Crippen LogP contribution in [0.5, 0.6) is 5.75 Å². The van der Waals surface area contributed by atoms with Gasteiger partial charge in [0.2, 0.25) is 0 Å². The van der Waals surface area contributed by atoms with Crippen molar-refractivity contribution in [2.24, 2.45) is 5.73 Å². The summed E-state index contributed by atoms with van der Waals surface area (Å²) in [5.41, 5.74) is 5.70. The van der Waals surface area contributed by atoms with Gasteiger partial charge in [0.1, 0.15) is 11.4 Å². The fraction of sp³-hybridized carbons (Fsp3) is 0.267. The zero-order valence-electron chi connectivity index (χ0n) is 11.4. The molecular formula is C15H19N3O2. The summed E-state index contributed by atoms with van der Waals surface area (Å²) < 4.78 is 5.33. The molecule has 2 amide bonds. The second-order valence-electron chi connectivity index (χ2n) is 4.64. The molecule has 1 aromatic rings. The first-order chi connectivity index (χ1) is 9.65. The number of nitrogens with two attached hydrogens (primary N) is 1. The highest BCUT2D eigenvalue weighted by Gasteiger charge is 2.28. The van der Waals surface area contributed by atoms with Crippen LogP contribution in [-0.2, 0) is 6.42 Å². The number of methoxy groups -OCH3 is 1. The van der Waals surface area contributed by atoms with Gasteiger partial charge in [-0.05, 0) is 42.8 Å². The van der Waals surface area contributed by atoms with Crippen molar-refractivity contribution in [2.45, 2.75) is 18.5 Å². The number of carbonyl (C=O) groups excluding carboxylic acids is 1. The van der Waals surface area contributed by atoms with E-state index >= 15 is 0 Å². The van der Waals surface area contributed by atoms with Gasteiger partial charge in [0.15, 0.2) is 0 Å². The van der Waals surface area contributed by atoms with Crippen molar-refractivity contribution >= 4 is 6.03 Å². The van der Waals surface area contributed by atoms with E-state index in [0.717, 1.165) is 17.7 Å². The minimum absolute atomic E-state index is 0.558. The predicted octanol–water partition coefficient (Wildman–Crippen LogP) is 1.67. The van der Waals surface area contributed by atoms with Crippen molar-refractivity contribution in [1.82, 2.24) is 10.6 Å². The fourth-order valence-corrected chi connectivity index (χ4v) is 2.28. The van der Waals surface area contributed by atoms with E-state index in [9.17, 15) is 4.79 Å². The monoisotopic (exact) mass is 273 g/mol. The van der Waals surface area contributed by atoms with Gasteiger partial charge < -0.3 is 21.1 Å². The normalized spacial score (nSPS) is 20.2. The number of benzene rings is 1. The number of amides is 2. The van der Waals surface area contributed by atoms with Crippen LogP contribution in [0.3, 0.4) is 0 Å². The van der Waals surface area contributed by atoms with E-state index in [0.29, 0.717) is 6.42 Å². The predicted molar refractivity (Wildman–Crippen MR) is 78.2 cm³/mol. The quantitative estimate of drug-likeness (QED) is 0.763. The van der Waals surface area contributed by atoms with E-state index < -0.39 is 11.7 Å². The summed E-state index contributed by atoms with van der Waals surface area (Å²) in [6.07, 6.45) is 8.84. The van der Waals surface area contributed by atoms with Gasteiger partial charge in [0.25, 0.3) is 0 Å². The summed E-state index contributed by atoms with van der Waals surface area (Å²) in [6.45, 7) is 0. The summed E-state index contributed by atoms with van der Waals surface area (Å²) >= 11 is 0. The standard InChI is InChI=1S/C15H19N3O2/c1-20-13-7-3-2-6-12(13)8-10-15(18-14(16)19)9-4-5-11-17-15/h2-7,9,11,17H,8,10H2,1H3,(H3,16,18,19). The molecule has 0 bridgehead atoms. The van der Waals surface area contributed by atoms with E-state index in [1.54, 1.807) is 13.3 Å². The lowest BCUT2D eigenvalue weighted by atomic mass is 9.97. The molecule has 2 rings (SSSR count). The third-order valence-corrected chi connectivity index (χ3v) is 3.26. The maximum atomic E-state index is 11.2. The van der Waals surface area contributed by atoms with E-state index in [2.05, 4.69) is 10.6 Å². The van der Waals surface area contributed by atoms with Crippen LogP contribution >= 0.6 is 0 Å². The molecule has 4 N–H and O–H groups in total. The van der Waals surface area contributed by atoms with Gasteiger partial charge in [-0.1, -0.05) is 24.3 Å².